The monoisotopic (exact) mass is 356 g/mol. The van der Waals surface area contributed by atoms with Gasteiger partial charge in [0, 0.05) is 32.3 Å². The maximum atomic E-state index is 12.5. The molecule has 5 nitrogen and oxygen atoms in total. The number of hydrogen-bond donors (Lipinski definition) is 0. The zero-order chi connectivity index (χ0) is 19.1. The van der Waals surface area contributed by atoms with Crippen molar-refractivity contribution in [1.82, 2.24) is 9.80 Å². The van der Waals surface area contributed by atoms with Crippen LogP contribution in [0.15, 0.2) is 60.7 Å². The van der Waals surface area contributed by atoms with Crippen LogP contribution >= 0.6 is 0 Å². The van der Waals surface area contributed by atoms with Crippen LogP contribution in [0.3, 0.4) is 0 Å². The van der Waals surface area contributed by atoms with Crippen LogP contribution in [-0.2, 0) is 11.3 Å². The number of amides is 1. The summed E-state index contributed by atoms with van der Waals surface area (Å²) in [6.45, 7) is 2.31. The molecule has 0 radical (unpaired) electrons. The Kier molecular flexibility index (Phi) is 5.99. The highest BCUT2D eigenvalue weighted by Gasteiger charge is 2.28. The molecule has 0 bridgehead atoms. The number of nitriles is 2. The summed E-state index contributed by atoms with van der Waals surface area (Å²) in [6.07, 6.45) is 3.15. The van der Waals surface area contributed by atoms with Gasteiger partial charge in [-0.15, -0.1) is 0 Å². The molecular formula is C22H20N4O. The van der Waals surface area contributed by atoms with Crippen molar-refractivity contribution in [2.45, 2.75) is 12.6 Å². The fourth-order valence-corrected chi connectivity index (χ4v) is 3.16. The van der Waals surface area contributed by atoms with Gasteiger partial charge < -0.3 is 4.90 Å². The van der Waals surface area contributed by atoms with Gasteiger partial charge in [0.05, 0.1) is 17.7 Å². The fraction of sp³-hybridized carbons (Fsp3) is 0.227. The Hall–Kier alpha value is -3.41. The zero-order valence-corrected chi connectivity index (χ0v) is 15.0. The first-order valence-corrected chi connectivity index (χ1v) is 8.85. The summed E-state index contributed by atoms with van der Waals surface area (Å²) in [6, 6.07) is 21.3. The van der Waals surface area contributed by atoms with E-state index in [0.717, 1.165) is 5.56 Å². The quantitative estimate of drug-likeness (QED) is 0.790. The maximum absolute atomic E-state index is 12.5. The smallest absolute Gasteiger partial charge is 0.246 e. The summed E-state index contributed by atoms with van der Waals surface area (Å²) in [7, 11) is 0. The molecule has 1 atom stereocenters. The van der Waals surface area contributed by atoms with Crippen LogP contribution in [0, 0.1) is 22.7 Å². The third-order valence-electron chi connectivity index (χ3n) is 4.67. The van der Waals surface area contributed by atoms with E-state index in [2.05, 4.69) is 17.0 Å². The second-order valence-electron chi connectivity index (χ2n) is 6.42. The Morgan fingerprint density at radius 3 is 2.56 bits per heavy atom. The lowest BCUT2D eigenvalue weighted by atomic mass is 10.1. The lowest BCUT2D eigenvalue weighted by Gasteiger charge is -2.37. The number of carbonyl (C=O) groups is 1. The molecule has 1 unspecified atom stereocenters. The van der Waals surface area contributed by atoms with Crippen LogP contribution in [0.2, 0.25) is 0 Å². The molecule has 1 aliphatic rings. The fourth-order valence-electron chi connectivity index (χ4n) is 3.16. The van der Waals surface area contributed by atoms with Crippen molar-refractivity contribution in [3.05, 3.63) is 77.4 Å². The average molecular weight is 356 g/mol. The summed E-state index contributed by atoms with van der Waals surface area (Å²) in [5.74, 6) is -0.137. The van der Waals surface area contributed by atoms with Crippen molar-refractivity contribution in [2.24, 2.45) is 0 Å². The first-order valence-electron chi connectivity index (χ1n) is 8.85. The molecule has 0 spiro atoms. The summed E-state index contributed by atoms with van der Waals surface area (Å²) < 4.78 is 0. The van der Waals surface area contributed by atoms with E-state index in [0.29, 0.717) is 37.3 Å². The number of benzene rings is 2. The summed E-state index contributed by atoms with van der Waals surface area (Å²) >= 11 is 0. The van der Waals surface area contributed by atoms with Gasteiger partial charge in [-0.2, -0.15) is 10.5 Å². The van der Waals surface area contributed by atoms with Crippen molar-refractivity contribution in [3.8, 4) is 12.1 Å². The number of hydrogen-bond acceptors (Lipinski definition) is 4. The molecule has 0 saturated carbocycles. The Bertz CT molecular complexity index is 908. The normalized spacial score (nSPS) is 17.4. The molecule has 5 heteroatoms. The number of carbonyl (C=O) groups excluding carboxylic acids is 1. The van der Waals surface area contributed by atoms with Crippen molar-refractivity contribution in [2.75, 3.05) is 19.6 Å². The molecular weight excluding hydrogens is 336 g/mol. The molecule has 0 N–H and O–H groups in total. The van der Waals surface area contributed by atoms with Gasteiger partial charge in [-0.3, -0.25) is 9.69 Å². The summed E-state index contributed by atoms with van der Waals surface area (Å²) in [5.41, 5.74) is 2.41. The summed E-state index contributed by atoms with van der Waals surface area (Å²) in [4.78, 5) is 16.3. The van der Waals surface area contributed by atoms with Crippen LogP contribution in [0.4, 0.5) is 0 Å². The van der Waals surface area contributed by atoms with E-state index in [9.17, 15) is 10.1 Å². The van der Waals surface area contributed by atoms with Gasteiger partial charge in [0.1, 0.15) is 6.04 Å². The number of rotatable bonds is 4. The molecule has 2 aromatic rings. The number of nitrogens with zero attached hydrogens (tertiary/aromatic N) is 4. The van der Waals surface area contributed by atoms with Gasteiger partial charge in [-0.05, 0) is 23.3 Å². The summed E-state index contributed by atoms with van der Waals surface area (Å²) in [5, 5.41) is 18.7. The van der Waals surface area contributed by atoms with Crippen LogP contribution in [0.1, 0.15) is 16.7 Å². The van der Waals surface area contributed by atoms with Crippen LogP contribution in [-0.4, -0.2) is 41.4 Å². The van der Waals surface area contributed by atoms with E-state index in [1.807, 2.05) is 36.4 Å². The molecule has 134 valence electrons. The standard InChI is InChI=1S/C22H20N4O/c23-14-20-9-5-4-8-19(20)10-11-22(27)26-13-12-25(21(15-24)17-26)16-18-6-2-1-3-7-18/h1-11,21H,12-13,16-17H2/b11-10+. The van der Waals surface area contributed by atoms with Crippen molar-refractivity contribution < 1.29 is 4.79 Å². The Morgan fingerprint density at radius 2 is 1.81 bits per heavy atom. The van der Waals surface area contributed by atoms with Crippen LogP contribution < -0.4 is 0 Å². The average Bonchev–Trinajstić information content (AvgIpc) is 2.73. The topological polar surface area (TPSA) is 71.1 Å². The molecule has 1 saturated heterocycles. The van der Waals surface area contributed by atoms with Gasteiger partial charge in [0.2, 0.25) is 5.91 Å². The van der Waals surface area contributed by atoms with E-state index in [1.165, 1.54) is 6.08 Å². The minimum absolute atomic E-state index is 0.137. The van der Waals surface area contributed by atoms with Crippen molar-refractivity contribution >= 4 is 12.0 Å². The lowest BCUT2D eigenvalue weighted by Crippen LogP contribution is -2.53. The predicted molar refractivity (Wildman–Crippen MR) is 103 cm³/mol. The Balaban J connectivity index is 1.64. The lowest BCUT2D eigenvalue weighted by molar-refractivity contribution is -0.128. The molecule has 1 aliphatic heterocycles. The van der Waals surface area contributed by atoms with Crippen LogP contribution in [0.25, 0.3) is 6.08 Å². The molecule has 2 aromatic carbocycles. The van der Waals surface area contributed by atoms with Gasteiger partial charge in [0.15, 0.2) is 0 Å². The highest BCUT2D eigenvalue weighted by atomic mass is 16.2. The van der Waals surface area contributed by atoms with Gasteiger partial charge in [-0.1, -0.05) is 48.5 Å². The van der Waals surface area contributed by atoms with Crippen molar-refractivity contribution in [3.63, 3.8) is 0 Å². The molecule has 0 aliphatic carbocycles. The zero-order valence-electron chi connectivity index (χ0n) is 15.0. The van der Waals surface area contributed by atoms with E-state index in [1.54, 1.807) is 29.2 Å². The number of piperazine rings is 1. The van der Waals surface area contributed by atoms with E-state index in [4.69, 9.17) is 5.26 Å². The molecule has 1 amide bonds. The Morgan fingerprint density at radius 1 is 1.07 bits per heavy atom. The maximum Gasteiger partial charge on any atom is 0.246 e. The van der Waals surface area contributed by atoms with Gasteiger partial charge in [-0.25, -0.2) is 0 Å². The van der Waals surface area contributed by atoms with Crippen LogP contribution in [0.5, 0.6) is 0 Å². The minimum Gasteiger partial charge on any atom is -0.335 e. The molecule has 0 aromatic heterocycles. The SMILES string of the molecule is N#Cc1ccccc1/C=C/C(=O)N1CCN(Cc2ccccc2)C(C#N)C1. The molecule has 3 rings (SSSR count). The third-order valence-corrected chi connectivity index (χ3v) is 4.67. The van der Waals surface area contributed by atoms with E-state index in [-0.39, 0.29) is 11.9 Å². The largest absolute Gasteiger partial charge is 0.335 e. The highest BCUT2D eigenvalue weighted by molar-refractivity contribution is 5.92. The third kappa shape index (κ3) is 4.61. The highest BCUT2D eigenvalue weighted by Crippen LogP contribution is 2.15. The predicted octanol–water partition coefficient (Wildman–Crippen LogP) is 2.81. The van der Waals surface area contributed by atoms with E-state index >= 15 is 0 Å². The Labute approximate surface area is 159 Å². The minimum atomic E-state index is -0.331. The van der Waals surface area contributed by atoms with Gasteiger partial charge in [0.25, 0.3) is 0 Å². The van der Waals surface area contributed by atoms with E-state index < -0.39 is 0 Å². The second kappa shape index (κ2) is 8.80. The van der Waals surface area contributed by atoms with Gasteiger partial charge >= 0.3 is 0 Å². The molecule has 1 heterocycles. The first kappa shape index (κ1) is 18.4. The van der Waals surface area contributed by atoms with Crippen molar-refractivity contribution in [1.29, 1.82) is 10.5 Å². The molecule has 27 heavy (non-hydrogen) atoms. The first-order chi connectivity index (χ1) is 13.2. The second-order valence-corrected chi connectivity index (χ2v) is 6.42. The molecule has 1 fully saturated rings.